The van der Waals surface area contributed by atoms with Crippen molar-refractivity contribution in [2.24, 2.45) is 11.8 Å². The van der Waals surface area contributed by atoms with E-state index in [4.69, 9.17) is 9.84 Å². The van der Waals surface area contributed by atoms with Crippen LogP contribution in [-0.4, -0.2) is 34.5 Å². The molecule has 1 aliphatic heterocycles. The third kappa shape index (κ3) is 1.34. The van der Waals surface area contributed by atoms with Gasteiger partial charge >= 0.3 is 5.97 Å². The van der Waals surface area contributed by atoms with Crippen LogP contribution in [0.2, 0.25) is 0 Å². The second-order valence-electron chi connectivity index (χ2n) is 3.92. The first-order valence-electron chi connectivity index (χ1n) is 4.47. The second kappa shape index (κ2) is 3.27. The van der Waals surface area contributed by atoms with E-state index in [0.29, 0.717) is 0 Å². The minimum atomic E-state index is -1.10. The van der Waals surface area contributed by atoms with E-state index in [1.807, 2.05) is 13.8 Å². The van der Waals surface area contributed by atoms with E-state index >= 15 is 0 Å². The van der Waals surface area contributed by atoms with Gasteiger partial charge in [-0.3, -0.25) is 4.79 Å². The third-order valence-electron chi connectivity index (χ3n) is 2.86. The van der Waals surface area contributed by atoms with E-state index in [-0.39, 0.29) is 12.5 Å². The molecule has 0 bridgehead atoms. The molecule has 1 fully saturated rings. The lowest BCUT2D eigenvalue weighted by Crippen LogP contribution is -2.49. The lowest BCUT2D eigenvalue weighted by molar-refractivity contribution is -0.163. The summed E-state index contributed by atoms with van der Waals surface area (Å²) in [6.45, 7) is 4.89. The highest BCUT2D eigenvalue weighted by Crippen LogP contribution is 2.36. The Labute approximate surface area is 77.5 Å². The Bertz CT molecular complexity index is 214. The van der Waals surface area contributed by atoms with Crippen molar-refractivity contribution in [3.05, 3.63) is 0 Å². The average molecular weight is 188 g/mol. The van der Waals surface area contributed by atoms with Crippen molar-refractivity contribution >= 4 is 5.97 Å². The molecule has 76 valence electrons. The molecule has 1 saturated heterocycles. The fraction of sp³-hybridized carbons (Fsp3) is 0.889. The summed E-state index contributed by atoms with van der Waals surface area (Å²) in [7, 11) is 0. The molecule has 0 radical (unpaired) electrons. The fourth-order valence-corrected chi connectivity index (χ4v) is 1.66. The molecule has 0 spiro atoms. The number of aliphatic hydroxyl groups is 2. The van der Waals surface area contributed by atoms with Crippen molar-refractivity contribution in [2.45, 2.75) is 32.5 Å². The van der Waals surface area contributed by atoms with Gasteiger partial charge in [-0.2, -0.15) is 0 Å². The van der Waals surface area contributed by atoms with Gasteiger partial charge in [-0.1, -0.05) is 13.8 Å². The van der Waals surface area contributed by atoms with Crippen LogP contribution >= 0.6 is 0 Å². The molecule has 0 aromatic heterocycles. The molecule has 13 heavy (non-hydrogen) atoms. The predicted octanol–water partition coefficient (Wildman–Crippen LogP) is -0.0727. The van der Waals surface area contributed by atoms with Gasteiger partial charge in [0.2, 0.25) is 0 Å². The van der Waals surface area contributed by atoms with Crippen LogP contribution in [-0.2, 0) is 9.53 Å². The van der Waals surface area contributed by atoms with Crippen molar-refractivity contribution < 1.29 is 19.7 Å². The number of hydrogen-bond donors (Lipinski definition) is 2. The van der Waals surface area contributed by atoms with E-state index in [1.54, 1.807) is 6.92 Å². The van der Waals surface area contributed by atoms with Crippen molar-refractivity contribution in [3.8, 4) is 0 Å². The Morgan fingerprint density at radius 3 is 2.31 bits per heavy atom. The smallest absolute Gasteiger partial charge is 0.312 e. The Balaban J connectivity index is 2.96. The zero-order valence-electron chi connectivity index (χ0n) is 8.15. The van der Waals surface area contributed by atoms with E-state index < -0.39 is 23.6 Å². The molecule has 0 saturated carbocycles. The van der Waals surface area contributed by atoms with Gasteiger partial charge in [0.25, 0.3) is 0 Å². The van der Waals surface area contributed by atoms with Crippen LogP contribution in [0, 0.1) is 11.8 Å². The topological polar surface area (TPSA) is 66.8 Å². The molecule has 0 aromatic carbocycles. The van der Waals surface area contributed by atoms with E-state index in [2.05, 4.69) is 0 Å². The summed E-state index contributed by atoms with van der Waals surface area (Å²) in [6, 6.07) is 0. The van der Waals surface area contributed by atoms with Gasteiger partial charge in [-0.05, 0) is 12.8 Å². The van der Waals surface area contributed by atoms with Crippen LogP contribution in [0.3, 0.4) is 0 Å². The fourth-order valence-electron chi connectivity index (χ4n) is 1.66. The molecule has 0 aromatic rings. The number of rotatable bonds is 2. The highest BCUT2D eigenvalue weighted by atomic mass is 16.6. The zero-order valence-corrected chi connectivity index (χ0v) is 8.15. The van der Waals surface area contributed by atoms with E-state index in [1.165, 1.54) is 0 Å². The van der Waals surface area contributed by atoms with E-state index in [0.717, 1.165) is 0 Å². The van der Waals surface area contributed by atoms with Crippen LogP contribution in [0.15, 0.2) is 0 Å². The molecule has 1 aliphatic rings. The lowest BCUT2D eigenvalue weighted by Gasteiger charge is -2.32. The summed E-state index contributed by atoms with van der Waals surface area (Å²) in [5.41, 5.74) is -1.10. The van der Waals surface area contributed by atoms with Gasteiger partial charge in [-0.25, -0.2) is 0 Å². The number of aliphatic hydroxyl groups excluding tert-OH is 2. The van der Waals surface area contributed by atoms with Crippen molar-refractivity contribution in [1.29, 1.82) is 0 Å². The summed E-state index contributed by atoms with van der Waals surface area (Å²) >= 11 is 0. The molecule has 2 N–H and O–H groups in total. The molecule has 3 atom stereocenters. The molecule has 0 unspecified atom stereocenters. The first-order valence-corrected chi connectivity index (χ1v) is 4.47. The van der Waals surface area contributed by atoms with Gasteiger partial charge in [0, 0.05) is 0 Å². The molecule has 1 rings (SSSR count). The summed E-state index contributed by atoms with van der Waals surface area (Å²) in [5.74, 6) is -1.08. The van der Waals surface area contributed by atoms with Crippen molar-refractivity contribution in [1.82, 2.24) is 0 Å². The maximum Gasteiger partial charge on any atom is 0.312 e. The standard InChI is InChI=1S/C9H16O4/c1-5(2)9(4-10)7(11)6(3)8(12)13-9/h5-7,10-11H,4H2,1-3H3/t6-,7-,9+/m0/s1. The second-order valence-corrected chi connectivity index (χ2v) is 3.92. The van der Waals surface area contributed by atoms with Crippen LogP contribution < -0.4 is 0 Å². The number of ether oxygens (including phenoxy) is 1. The van der Waals surface area contributed by atoms with Gasteiger partial charge in [0.05, 0.1) is 12.5 Å². The number of esters is 1. The SMILES string of the molecule is CC(C)[C@@]1(CO)OC(=O)[C@@H](C)[C@@H]1O. The van der Waals surface area contributed by atoms with E-state index in [9.17, 15) is 9.90 Å². The monoisotopic (exact) mass is 188 g/mol. The Hall–Kier alpha value is -0.610. The highest BCUT2D eigenvalue weighted by Gasteiger charge is 2.54. The maximum atomic E-state index is 11.2. The molecule has 0 aliphatic carbocycles. The van der Waals surface area contributed by atoms with Crippen LogP contribution in [0.5, 0.6) is 0 Å². The summed E-state index contributed by atoms with van der Waals surface area (Å²) in [5, 5.41) is 18.9. The van der Waals surface area contributed by atoms with Crippen LogP contribution in [0.25, 0.3) is 0 Å². The van der Waals surface area contributed by atoms with Gasteiger partial charge in [0.1, 0.15) is 6.10 Å². The first-order chi connectivity index (χ1) is 5.95. The van der Waals surface area contributed by atoms with Gasteiger partial charge < -0.3 is 14.9 Å². The number of hydrogen-bond acceptors (Lipinski definition) is 4. The number of cyclic esters (lactones) is 1. The minimum absolute atomic E-state index is 0.0959. The number of carbonyl (C=O) groups excluding carboxylic acids is 1. The quantitative estimate of drug-likeness (QED) is 0.595. The van der Waals surface area contributed by atoms with Crippen LogP contribution in [0.1, 0.15) is 20.8 Å². The molecule has 4 heteroatoms. The summed E-state index contributed by atoms with van der Waals surface area (Å²) < 4.78 is 5.05. The van der Waals surface area contributed by atoms with Crippen molar-refractivity contribution in [2.75, 3.05) is 6.61 Å². The first kappa shape index (κ1) is 10.5. The van der Waals surface area contributed by atoms with Gasteiger partial charge in [-0.15, -0.1) is 0 Å². The van der Waals surface area contributed by atoms with Crippen LogP contribution in [0.4, 0.5) is 0 Å². The van der Waals surface area contributed by atoms with Gasteiger partial charge in [0.15, 0.2) is 5.60 Å². The minimum Gasteiger partial charge on any atom is -0.453 e. The highest BCUT2D eigenvalue weighted by molar-refractivity contribution is 5.76. The maximum absolute atomic E-state index is 11.2. The molecular formula is C9H16O4. The molecule has 1 heterocycles. The zero-order chi connectivity index (χ0) is 10.2. The lowest BCUT2D eigenvalue weighted by atomic mass is 9.83. The largest absolute Gasteiger partial charge is 0.453 e. The Morgan fingerprint density at radius 1 is 1.62 bits per heavy atom. The molecular weight excluding hydrogens is 172 g/mol. The van der Waals surface area contributed by atoms with Crippen molar-refractivity contribution in [3.63, 3.8) is 0 Å². The average Bonchev–Trinajstić information content (AvgIpc) is 2.30. The third-order valence-corrected chi connectivity index (χ3v) is 2.86. The molecule has 4 nitrogen and oxygen atoms in total. The summed E-state index contributed by atoms with van der Waals surface area (Å²) in [4.78, 5) is 11.2. The number of carbonyl (C=O) groups is 1. The Morgan fingerprint density at radius 2 is 2.15 bits per heavy atom. The summed E-state index contributed by atoms with van der Waals surface area (Å²) in [6.07, 6.45) is -0.912. The molecule has 0 amide bonds. The Kier molecular flexibility index (Phi) is 2.63. The normalized spacial score (nSPS) is 39.7. The predicted molar refractivity (Wildman–Crippen MR) is 45.9 cm³/mol.